The van der Waals surface area contributed by atoms with Crippen LogP contribution in [0.4, 0.5) is 11.5 Å². The van der Waals surface area contributed by atoms with Gasteiger partial charge >= 0.3 is 5.97 Å². The van der Waals surface area contributed by atoms with Gasteiger partial charge in [-0.15, -0.1) is 0 Å². The molecule has 2 heterocycles. The molecule has 0 atom stereocenters. The van der Waals surface area contributed by atoms with E-state index in [9.17, 15) is 18.3 Å². The highest BCUT2D eigenvalue weighted by Crippen LogP contribution is 2.27. The van der Waals surface area contributed by atoms with Gasteiger partial charge < -0.3 is 14.9 Å². The lowest BCUT2D eigenvalue weighted by atomic mass is 10.1. The number of hydrogen-bond donors (Lipinski definition) is 2. The molecule has 1 aliphatic heterocycles. The summed E-state index contributed by atoms with van der Waals surface area (Å²) >= 11 is 0. The van der Waals surface area contributed by atoms with Crippen LogP contribution in [-0.4, -0.2) is 67.9 Å². The normalized spacial score (nSPS) is 15.9. The smallest absolute Gasteiger partial charge is 0.336 e. The largest absolute Gasteiger partial charge is 0.478 e. The number of carbonyl (C=O) groups is 1. The Kier molecular flexibility index (Phi) is 5.52. The van der Waals surface area contributed by atoms with Crippen molar-refractivity contribution < 1.29 is 18.3 Å². The maximum Gasteiger partial charge on any atom is 0.336 e. The summed E-state index contributed by atoms with van der Waals surface area (Å²) in [6.45, 7) is 8.07. The fourth-order valence-corrected chi connectivity index (χ4v) is 3.79. The number of benzene rings is 1. The maximum absolute atomic E-state index is 11.8. The van der Waals surface area contributed by atoms with E-state index in [1.807, 2.05) is 0 Å². The van der Waals surface area contributed by atoms with Crippen molar-refractivity contribution in [1.82, 2.24) is 9.88 Å². The van der Waals surface area contributed by atoms with E-state index >= 15 is 0 Å². The first-order valence-corrected chi connectivity index (χ1v) is 10.6. The minimum absolute atomic E-state index is 0.0578. The molecule has 1 aliphatic rings. The Morgan fingerprint density at radius 3 is 2.48 bits per heavy atom. The third-order valence-electron chi connectivity index (χ3n) is 4.82. The predicted octanol–water partition coefficient (Wildman–Crippen LogP) is 1.84. The maximum atomic E-state index is 11.8. The van der Waals surface area contributed by atoms with E-state index in [1.54, 1.807) is 18.2 Å². The molecule has 1 aromatic carbocycles. The number of likely N-dealkylation sites (N-methyl/N-ethyl adjacent to an activating group) is 1. The molecule has 0 amide bonds. The van der Waals surface area contributed by atoms with Crippen molar-refractivity contribution in [2.75, 3.05) is 48.1 Å². The van der Waals surface area contributed by atoms with Gasteiger partial charge in [0, 0.05) is 37.3 Å². The Hall–Kier alpha value is -2.39. The van der Waals surface area contributed by atoms with Gasteiger partial charge in [0.05, 0.1) is 16.8 Å². The number of anilines is 2. The van der Waals surface area contributed by atoms with Crippen LogP contribution in [0, 0.1) is 0 Å². The van der Waals surface area contributed by atoms with E-state index in [-0.39, 0.29) is 11.3 Å². The SMILES string of the molecule is CCN1CCN(c2cc(C(=O)O)c3cc(NS(=O)(=O)CC)ccc3n2)CC1. The molecule has 1 saturated heterocycles. The summed E-state index contributed by atoms with van der Waals surface area (Å²) in [5.41, 5.74) is 0.977. The second-order valence-corrected chi connectivity index (χ2v) is 8.50. The van der Waals surface area contributed by atoms with Gasteiger partial charge in [-0.1, -0.05) is 6.92 Å². The number of hydrogen-bond acceptors (Lipinski definition) is 6. The zero-order chi connectivity index (χ0) is 19.6. The van der Waals surface area contributed by atoms with Gasteiger partial charge in [0.1, 0.15) is 5.82 Å². The second-order valence-electron chi connectivity index (χ2n) is 6.49. The standard InChI is InChI=1S/C18H24N4O4S/c1-3-21-7-9-22(10-8-21)17-12-15(18(23)24)14-11-13(5-6-16(14)19-17)20-27(25,26)4-2/h5-6,11-12,20H,3-4,7-10H2,1-2H3,(H,23,24). The number of nitrogens with zero attached hydrogens (tertiary/aromatic N) is 3. The van der Waals surface area contributed by atoms with Crippen LogP contribution >= 0.6 is 0 Å². The lowest BCUT2D eigenvalue weighted by Crippen LogP contribution is -2.46. The quantitative estimate of drug-likeness (QED) is 0.773. The summed E-state index contributed by atoms with van der Waals surface area (Å²) in [5, 5.41) is 10.1. The van der Waals surface area contributed by atoms with E-state index in [0.29, 0.717) is 22.4 Å². The molecule has 0 saturated carbocycles. The van der Waals surface area contributed by atoms with Gasteiger partial charge in [0.15, 0.2) is 0 Å². The van der Waals surface area contributed by atoms with Gasteiger partial charge in [0.25, 0.3) is 0 Å². The predicted molar refractivity (Wildman–Crippen MR) is 106 cm³/mol. The molecule has 1 fully saturated rings. The zero-order valence-electron chi connectivity index (χ0n) is 15.5. The summed E-state index contributed by atoms with van der Waals surface area (Å²) < 4.78 is 26.0. The Morgan fingerprint density at radius 2 is 1.89 bits per heavy atom. The molecule has 0 unspecified atom stereocenters. The molecular formula is C18H24N4O4S. The van der Waals surface area contributed by atoms with Crippen molar-refractivity contribution in [1.29, 1.82) is 0 Å². The van der Waals surface area contributed by atoms with E-state index in [1.165, 1.54) is 13.0 Å². The van der Waals surface area contributed by atoms with Crippen LogP contribution in [0.3, 0.4) is 0 Å². The minimum Gasteiger partial charge on any atom is -0.478 e. The van der Waals surface area contributed by atoms with Gasteiger partial charge in [-0.25, -0.2) is 18.2 Å². The molecule has 8 nitrogen and oxygen atoms in total. The highest BCUT2D eigenvalue weighted by Gasteiger charge is 2.20. The van der Waals surface area contributed by atoms with Gasteiger partial charge in [-0.05, 0) is 37.7 Å². The third-order valence-corrected chi connectivity index (χ3v) is 6.13. The lowest BCUT2D eigenvalue weighted by Gasteiger charge is -2.35. The van der Waals surface area contributed by atoms with Crippen LogP contribution in [0.1, 0.15) is 24.2 Å². The molecular weight excluding hydrogens is 368 g/mol. The van der Waals surface area contributed by atoms with E-state index < -0.39 is 16.0 Å². The monoisotopic (exact) mass is 392 g/mol. The Balaban J connectivity index is 1.99. The second kappa shape index (κ2) is 7.69. The van der Waals surface area contributed by atoms with Gasteiger partial charge in [-0.3, -0.25) is 4.72 Å². The Bertz CT molecular complexity index is 953. The number of carboxylic acids is 1. The summed E-state index contributed by atoms with van der Waals surface area (Å²) in [6.07, 6.45) is 0. The van der Waals surface area contributed by atoms with Crippen molar-refractivity contribution >= 4 is 38.4 Å². The third kappa shape index (κ3) is 4.30. The molecule has 1 aromatic heterocycles. The van der Waals surface area contributed by atoms with E-state index in [0.717, 1.165) is 32.7 Å². The van der Waals surface area contributed by atoms with Crippen molar-refractivity contribution in [3.8, 4) is 0 Å². The average molecular weight is 392 g/mol. The first kappa shape index (κ1) is 19.4. The molecule has 2 N–H and O–H groups in total. The van der Waals surface area contributed by atoms with Crippen LogP contribution in [0.25, 0.3) is 10.9 Å². The fourth-order valence-electron chi connectivity index (χ4n) is 3.16. The molecule has 0 aliphatic carbocycles. The number of aromatic nitrogens is 1. The zero-order valence-corrected chi connectivity index (χ0v) is 16.3. The Morgan fingerprint density at radius 1 is 1.19 bits per heavy atom. The van der Waals surface area contributed by atoms with Crippen molar-refractivity contribution in [2.24, 2.45) is 0 Å². The van der Waals surface area contributed by atoms with Crippen molar-refractivity contribution in [2.45, 2.75) is 13.8 Å². The number of rotatable bonds is 6. The van der Waals surface area contributed by atoms with Crippen LogP contribution in [-0.2, 0) is 10.0 Å². The number of aromatic carboxylic acids is 1. The van der Waals surface area contributed by atoms with E-state index in [2.05, 4.69) is 26.4 Å². The molecule has 27 heavy (non-hydrogen) atoms. The number of nitrogens with one attached hydrogen (secondary N) is 1. The van der Waals surface area contributed by atoms with Crippen molar-refractivity contribution in [3.63, 3.8) is 0 Å². The van der Waals surface area contributed by atoms with Crippen LogP contribution < -0.4 is 9.62 Å². The number of pyridine rings is 1. The highest BCUT2D eigenvalue weighted by molar-refractivity contribution is 7.92. The Labute approximate surface area is 158 Å². The summed E-state index contributed by atoms with van der Waals surface area (Å²) in [6, 6.07) is 6.36. The topological polar surface area (TPSA) is 103 Å². The van der Waals surface area contributed by atoms with Crippen LogP contribution in [0.15, 0.2) is 24.3 Å². The molecule has 146 valence electrons. The summed E-state index contributed by atoms with van der Waals surface area (Å²) in [4.78, 5) is 20.8. The molecule has 9 heteroatoms. The minimum atomic E-state index is -3.44. The summed E-state index contributed by atoms with van der Waals surface area (Å²) in [7, 11) is -3.44. The molecule has 0 radical (unpaired) electrons. The molecule has 0 bridgehead atoms. The lowest BCUT2D eigenvalue weighted by molar-refractivity contribution is 0.0699. The average Bonchev–Trinajstić information content (AvgIpc) is 2.66. The number of carboxylic acid groups (broad SMARTS) is 1. The van der Waals surface area contributed by atoms with Crippen LogP contribution in [0.2, 0.25) is 0 Å². The molecule has 0 spiro atoms. The number of fused-ring (bicyclic) bond motifs is 1. The fraction of sp³-hybridized carbons (Fsp3) is 0.444. The first-order valence-electron chi connectivity index (χ1n) is 8.99. The number of sulfonamides is 1. The van der Waals surface area contributed by atoms with Crippen molar-refractivity contribution in [3.05, 3.63) is 29.8 Å². The highest BCUT2D eigenvalue weighted by atomic mass is 32.2. The van der Waals surface area contributed by atoms with Crippen LogP contribution in [0.5, 0.6) is 0 Å². The van der Waals surface area contributed by atoms with E-state index in [4.69, 9.17) is 0 Å². The van der Waals surface area contributed by atoms with Gasteiger partial charge in [-0.2, -0.15) is 0 Å². The first-order chi connectivity index (χ1) is 12.8. The summed E-state index contributed by atoms with van der Waals surface area (Å²) in [5.74, 6) is -0.485. The molecule has 2 aromatic rings. The molecule has 3 rings (SSSR count). The number of piperazine rings is 1. The van der Waals surface area contributed by atoms with Gasteiger partial charge in [0.2, 0.25) is 10.0 Å².